The second kappa shape index (κ2) is 4.69. The lowest BCUT2D eigenvalue weighted by Crippen LogP contribution is -2.15. The second-order valence-corrected chi connectivity index (χ2v) is 3.91. The molecule has 0 saturated carbocycles. The molecular formula is C12H14N4O. The summed E-state index contributed by atoms with van der Waals surface area (Å²) in [6, 6.07) is 7.83. The van der Waals surface area contributed by atoms with Crippen molar-refractivity contribution >= 4 is 17.4 Å². The number of nitrogens with one attached hydrogen (secondary N) is 2. The zero-order valence-electron chi connectivity index (χ0n) is 9.53. The fourth-order valence-electron chi connectivity index (χ4n) is 1.59. The van der Waals surface area contributed by atoms with Crippen LogP contribution in [0.2, 0.25) is 0 Å². The lowest BCUT2D eigenvalue weighted by molar-refractivity contribution is -0.115. The van der Waals surface area contributed by atoms with Gasteiger partial charge in [-0.3, -0.25) is 9.89 Å². The maximum atomic E-state index is 11.7. The molecule has 17 heavy (non-hydrogen) atoms. The Bertz CT molecular complexity index is 533. The number of carbonyl (C=O) groups is 1. The lowest BCUT2D eigenvalue weighted by Gasteiger charge is -2.04. The fourth-order valence-corrected chi connectivity index (χ4v) is 1.59. The number of H-pyrrole nitrogens is 1. The molecule has 0 aliphatic rings. The number of hydrogen-bond donors (Lipinski definition) is 3. The predicted octanol–water partition coefficient (Wildman–Crippen LogP) is 1.48. The molecule has 1 heterocycles. The highest BCUT2D eigenvalue weighted by Crippen LogP contribution is 2.13. The fraction of sp³-hybridized carbons (Fsp3) is 0.167. The third-order valence-electron chi connectivity index (χ3n) is 2.38. The maximum absolute atomic E-state index is 11.7. The molecule has 1 aromatic heterocycles. The van der Waals surface area contributed by atoms with Gasteiger partial charge in [-0.2, -0.15) is 5.10 Å². The number of amides is 1. The Morgan fingerprint density at radius 2 is 2.35 bits per heavy atom. The molecule has 5 heteroatoms. The number of carbonyl (C=O) groups excluding carboxylic acids is 1. The zero-order valence-corrected chi connectivity index (χ0v) is 9.53. The van der Waals surface area contributed by atoms with Crippen molar-refractivity contribution in [3.63, 3.8) is 0 Å². The van der Waals surface area contributed by atoms with Gasteiger partial charge in [0.25, 0.3) is 0 Å². The molecule has 0 bridgehead atoms. The molecule has 0 unspecified atom stereocenters. The highest BCUT2D eigenvalue weighted by molar-refractivity contribution is 5.93. The van der Waals surface area contributed by atoms with Crippen molar-refractivity contribution in [2.45, 2.75) is 13.3 Å². The van der Waals surface area contributed by atoms with Gasteiger partial charge in [-0.05, 0) is 12.5 Å². The Morgan fingerprint density at radius 1 is 1.53 bits per heavy atom. The van der Waals surface area contributed by atoms with E-state index < -0.39 is 0 Å². The van der Waals surface area contributed by atoms with Crippen LogP contribution in [-0.2, 0) is 11.2 Å². The number of nitrogens with two attached hydrogens (primary N) is 1. The average molecular weight is 230 g/mol. The van der Waals surface area contributed by atoms with Gasteiger partial charge in [0.1, 0.15) is 0 Å². The van der Waals surface area contributed by atoms with Crippen molar-refractivity contribution in [1.29, 1.82) is 0 Å². The van der Waals surface area contributed by atoms with Crippen LogP contribution in [0.25, 0.3) is 0 Å². The first-order valence-corrected chi connectivity index (χ1v) is 5.29. The normalized spacial score (nSPS) is 10.2. The lowest BCUT2D eigenvalue weighted by atomic mass is 10.1. The van der Waals surface area contributed by atoms with Gasteiger partial charge in [-0.25, -0.2) is 0 Å². The Kier molecular flexibility index (Phi) is 3.09. The molecule has 5 nitrogen and oxygen atoms in total. The molecule has 4 N–H and O–H groups in total. The molecule has 1 amide bonds. The smallest absolute Gasteiger partial charge is 0.229 e. The van der Waals surface area contributed by atoms with Gasteiger partial charge < -0.3 is 11.1 Å². The summed E-state index contributed by atoms with van der Waals surface area (Å²) in [7, 11) is 0. The Labute approximate surface area is 99.0 Å². The topological polar surface area (TPSA) is 83.8 Å². The Balaban J connectivity index is 2.01. The summed E-state index contributed by atoms with van der Waals surface area (Å²) in [6.07, 6.45) is 1.78. The molecule has 0 saturated heterocycles. The number of rotatable bonds is 3. The van der Waals surface area contributed by atoms with Gasteiger partial charge in [-0.15, -0.1) is 0 Å². The Morgan fingerprint density at radius 3 is 3.00 bits per heavy atom. The highest BCUT2D eigenvalue weighted by atomic mass is 16.1. The largest absolute Gasteiger partial charge is 0.394 e. The van der Waals surface area contributed by atoms with E-state index in [9.17, 15) is 4.79 Å². The van der Waals surface area contributed by atoms with E-state index >= 15 is 0 Å². The molecule has 0 radical (unpaired) electrons. The minimum Gasteiger partial charge on any atom is -0.394 e. The standard InChI is InChI=1S/C12H14N4O/c1-8-3-2-4-9(5-8)6-11(17)15-12-10(13)7-14-16-12/h2-5,7H,6,13H2,1H3,(H2,14,15,16,17). The first-order chi connectivity index (χ1) is 8.15. The number of benzene rings is 1. The van der Waals surface area contributed by atoms with Gasteiger partial charge in [0, 0.05) is 0 Å². The van der Waals surface area contributed by atoms with Crippen molar-refractivity contribution in [3.8, 4) is 0 Å². The minimum atomic E-state index is -0.119. The maximum Gasteiger partial charge on any atom is 0.229 e. The molecule has 0 fully saturated rings. The molecule has 1 aromatic carbocycles. The first-order valence-electron chi connectivity index (χ1n) is 5.29. The third-order valence-corrected chi connectivity index (χ3v) is 2.38. The molecule has 0 atom stereocenters. The number of nitrogen functional groups attached to an aromatic ring is 1. The number of anilines is 2. The summed E-state index contributed by atoms with van der Waals surface area (Å²) in [5.41, 5.74) is 8.14. The monoisotopic (exact) mass is 230 g/mol. The highest BCUT2D eigenvalue weighted by Gasteiger charge is 2.07. The summed E-state index contributed by atoms with van der Waals surface area (Å²) >= 11 is 0. The average Bonchev–Trinajstić information content (AvgIpc) is 2.64. The van der Waals surface area contributed by atoms with Crippen molar-refractivity contribution in [2.24, 2.45) is 0 Å². The van der Waals surface area contributed by atoms with E-state index in [4.69, 9.17) is 5.73 Å². The van der Waals surface area contributed by atoms with Crippen LogP contribution < -0.4 is 11.1 Å². The van der Waals surface area contributed by atoms with E-state index in [0.29, 0.717) is 17.9 Å². The molecule has 2 aromatic rings. The van der Waals surface area contributed by atoms with Gasteiger partial charge in [0.15, 0.2) is 5.82 Å². The summed E-state index contributed by atoms with van der Waals surface area (Å²) in [5.74, 6) is 0.328. The van der Waals surface area contributed by atoms with Crippen molar-refractivity contribution < 1.29 is 4.79 Å². The number of hydrogen-bond acceptors (Lipinski definition) is 3. The molecule has 0 aliphatic carbocycles. The third kappa shape index (κ3) is 2.84. The van der Waals surface area contributed by atoms with Gasteiger partial charge >= 0.3 is 0 Å². The van der Waals surface area contributed by atoms with Crippen LogP contribution in [0.1, 0.15) is 11.1 Å². The van der Waals surface area contributed by atoms with Gasteiger partial charge in [0.2, 0.25) is 5.91 Å². The molecular weight excluding hydrogens is 216 g/mol. The van der Waals surface area contributed by atoms with E-state index in [1.165, 1.54) is 6.20 Å². The quantitative estimate of drug-likeness (QED) is 0.746. The van der Waals surface area contributed by atoms with Crippen molar-refractivity contribution in [1.82, 2.24) is 10.2 Å². The zero-order chi connectivity index (χ0) is 12.3. The number of nitrogens with zero attached hydrogens (tertiary/aromatic N) is 1. The molecule has 88 valence electrons. The molecule has 0 aliphatic heterocycles. The van der Waals surface area contributed by atoms with Crippen LogP contribution >= 0.6 is 0 Å². The Hall–Kier alpha value is -2.30. The van der Waals surface area contributed by atoms with Crippen LogP contribution in [0.4, 0.5) is 11.5 Å². The SMILES string of the molecule is Cc1cccc(CC(=O)Nc2[nH]ncc2N)c1. The van der Waals surface area contributed by atoms with Crippen LogP contribution in [0.15, 0.2) is 30.5 Å². The van der Waals surface area contributed by atoms with Crippen LogP contribution in [0.5, 0.6) is 0 Å². The molecule has 2 rings (SSSR count). The van der Waals surface area contributed by atoms with Crippen LogP contribution in [0, 0.1) is 6.92 Å². The number of aromatic amines is 1. The van der Waals surface area contributed by atoms with E-state index in [2.05, 4.69) is 15.5 Å². The second-order valence-electron chi connectivity index (χ2n) is 3.91. The predicted molar refractivity (Wildman–Crippen MR) is 66.5 cm³/mol. The van der Waals surface area contributed by atoms with Crippen molar-refractivity contribution in [3.05, 3.63) is 41.6 Å². The summed E-state index contributed by atoms with van der Waals surface area (Å²) < 4.78 is 0. The van der Waals surface area contributed by atoms with E-state index in [-0.39, 0.29) is 5.91 Å². The van der Waals surface area contributed by atoms with Gasteiger partial charge in [-0.1, -0.05) is 29.8 Å². The number of aryl methyl sites for hydroxylation is 1. The summed E-state index contributed by atoms with van der Waals surface area (Å²) in [4.78, 5) is 11.7. The van der Waals surface area contributed by atoms with E-state index in [1.54, 1.807) is 0 Å². The summed E-state index contributed by atoms with van der Waals surface area (Å²) in [5, 5.41) is 9.03. The van der Waals surface area contributed by atoms with E-state index in [1.807, 2.05) is 31.2 Å². The van der Waals surface area contributed by atoms with Gasteiger partial charge in [0.05, 0.1) is 18.3 Å². The molecule has 0 spiro atoms. The van der Waals surface area contributed by atoms with Crippen LogP contribution in [0.3, 0.4) is 0 Å². The van der Waals surface area contributed by atoms with Crippen molar-refractivity contribution in [2.75, 3.05) is 11.1 Å². The summed E-state index contributed by atoms with van der Waals surface area (Å²) in [6.45, 7) is 1.99. The first kappa shape index (κ1) is 11.2. The van der Waals surface area contributed by atoms with E-state index in [0.717, 1.165) is 11.1 Å². The number of aromatic nitrogens is 2. The van der Waals surface area contributed by atoms with Crippen LogP contribution in [-0.4, -0.2) is 16.1 Å². The minimum absolute atomic E-state index is 0.119.